The van der Waals surface area contributed by atoms with Gasteiger partial charge in [0.1, 0.15) is 11.3 Å². The lowest BCUT2D eigenvalue weighted by atomic mass is 9.98. The third-order valence-corrected chi connectivity index (χ3v) is 2.82. The molecule has 0 fully saturated rings. The zero-order chi connectivity index (χ0) is 13.9. The molecule has 5 heteroatoms. The lowest BCUT2D eigenvalue weighted by molar-refractivity contribution is -0.314. The monoisotopic (exact) mass is 258 g/mol. The molecular formula is C14H12NO4-. The van der Waals surface area contributed by atoms with Crippen LogP contribution in [-0.4, -0.2) is 11.9 Å². The van der Waals surface area contributed by atoms with Crippen LogP contribution in [0.4, 0.5) is 0 Å². The number of hydrogen-bond donors (Lipinski definition) is 1. The Hall–Kier alpha value is -2.56. The maximum Gasteiger partial charge on any atom is 0.252 e. The van der Waals surface area contributed by atoms with Crippen LogP contribution in [0.5, 0.6) is 0 Å². The van der Waals surface area contributed by atoms with Gasteiger partial charge in [-0.3, -0.25) is 4.79 Å². The van der Waals surface area contributed by atoms with Gasteiger partial charge in [-0.25, -0.2) is 0 Å². The number of carboxylic acid groups (broad SMARTS) is 1. The summed E-state index contributed by atoms with van der Waals surface area (Å²) in [6, 6.07) is 11.4. The maximum absolute atomic E-state index is 12.0. The Balaban J connectivity index is 2.28. The van der Waals surface area contributed by atoms with Crippen molar-refractivity contribution in [3.05, 3.63) is 60.1 Å². The first-order valence-electron chi connectivity index (χ1n) is 5.67. The molecule has 1 aromatic heterocycles. The molecule has 98 valence electrons. The molecule has 2 rings (SSSR count). The molecule has 1 amide bonds. The highest BCUT2D eigenvalue weighted by molar-refractivity contribution is 5.97. The van der Waals surface area contributed by atoms with Crippen LogP contribution in [0.25, 0.3) is 0 Å². The Morgan fingerprint density at radius 1 is 1.16 bits per heavy atom. The van der Waals surface area contributed by atoms with Crippen molar-refractivity contribution in [2.45, 2.75) is 12.5 Å². The summed E-state index contributed by atoms with van der Waals surface area (Å²) in [5, 5.41) is 13.7. The molecule has 1 heterocycles. The second-order valence-corrected chi connectivity index (χ2v) is 4.21. The second kappa shape index (κ2) is 4.97. The van der Waals surface area contributed by atoms with E-state index in [4.69, 9.17) is 4.42 Å². The van der Waals surface area contributed by atoms with Crippen LogP contribution < -0.4 is 10.4 Å². The average molecular weight is 258 g/mol. The Morgan fingerprint density at radius 2 is 1.84 bits per heavy atom. The van der Waals surface area contributed by atoms with Crippen molar-refractivity contribution >= 4 is 11.9 Å². The number of furan rings is 1. The van der Waals surface area contributed by atoms with Gasteiger partial charge in [0, 0.05) is 5.56 Å². The van der Waals surface area contributed by atoms with E-state index in [0.29, 0.717) is 5.56 Å². The van der Waals surface area contributed by atoms with E-state index in [1.165, 1.54) is 19.3 Å². The van der Waals surface area contributed by atoms with Gasteiger partial charge in [0.15, 0.2) is 0 Å². The fourth-order valence-electron chi connectivity index (χ4n) is 1.67. The minimum absolute atomic E-state index is 0.108. The summed E-state index contributed by atoms with van der Waals surface area (Å²) >= 11 is 0. The second-order valence-electron chi connectivity index (χ2n) is 4.21. The molecule has 0 spiro atoms. The zero-order valence-electron chi connectivity index (χ0n) is 10.3. The van der Waals surface area contributed by atoms with Crippen molar-refractivity contribution in [1.29, 1.82) is 0 Å². The molecular weight excluding hydrogens is 246 g/mol. The van der Waals surface area contributed by atoms with Gasteiger partial charge in [-0.2, -0.15) is 0 Å². The van der Waals surface area contributed by atoms with Gasteiger partial charge in [0.05, 0.1) is 12.2 Å². The molecule has 1 atom stereocenters. The molecule has 0 aliphatic heterocycles. The standard InChI is InChI=1S/C14H13NO4/c1-14(13(17)18,11-8-5-9-19-11)15-12(16)10-6-3-2-4-7-10/h2-9H,1H3,(H,15,16)(H,17,18)/p-1. The van der Waals surface area contributed by atoms with Crippen molar-refractivity contribution in [3.8, 4) is 0 Å². The van der Waals surface area contributed by atoms with Crippen molar-refractivity contribution < 1.29 is 19.1 Å². The number of nitrogens with one attached hydrogen (secondary N) is 1. The minimum Gasteiger partial charge on any atom is -0.547 e. The van der Waals surface area contributed by atoms with E-state index in [1.54, 1.807) is 36.4 Å². The molecule has 1 aromatic carbocycles. The molecule has 0 radical (unpaired) electrons. The van der Waals surface area contributed by atoms with Crippen LogP contribution in [-0.2, 0) is 10.3 Å². The SMILES string of the molecule is CC(NC(=O)c1ccccc1)(C(=O)[O-])c1ccco1. The maximum atomic E-state index is 12.0. The van der Waals surface area contributed by atoms with Crippen molar-refractivity contribution in [3.63, 3.8) is 0 Å². The predicted octanol–water partition coefficient (Wildman–Crippen LogP) is 0.675. The summed E-state index contributed by atoms with van der Waals surface area (Å²) in [5.74, 6) is -1.84. The first kappa shape index (κ1) is 12.9. The normalized spacial score (nSPS) is 13.5. The van der Waals surface area contributed by atoms with Crippen LogP contribution in [0, 0.1) is 0 Å². The summed E-state index contributed by atoms with van der Waals surface area (Å²) in [5.41, 5.74) is -1.35. The predicted molar refractivity (Wildman–Crippen MR) is 65.0 cm³/mol. The van der Waals surface area contributed by atoms with Crippen LogP contribution in [0.3, 0.4) is 0 Å². The molecule has 0 aliphatic carbocycles. The van der Waals surface area contributed by atoms with Gasteiger partial charge in [0.25, 0.3) is 5.91 Å². The largest absolute Gasteiger partial charge is 0.547 e. The lowest BCUT2D eigenvalue weighted by Crippen LogP contribution is -2.55. The third-order valence-electron chi connectivity index (χ3n) is 2.82. The van der Waals surface area contributed by atoms with E-state index < -0.39 is 17.4 Å². The van der Waals surface area contributed by atoms with Gasteiger partial charge in [-0.15, -0.1) is 0 Å². The quantitative estimate of drug-likeness (QED) is 0.874. The average Bonchev–Trinajstić information content (AvgIpc) is 2.93. The number of aliphatic carboxylic acids is 1. The summed E-state index contributed by atoms with van der Waals surface area (Å²) in [7, 11) is 0. The van der Waals surface area contributed by atoms with Crippen LogP contribution in [0.1, 0.15) is 23.0 Å². The summed E-state index contributed by atoms with van der Waals surface area (Å²) < 4.78 is 5.06. The van der Waals surface area contributed by atoms with Gasteiger partial charge in [-0.1, -0.05) is 18.2 Å². The third kappa shape index (κ3) is 2.49. The van der Waals surface area contributed by atoms with Crippen LogP contribution >= 0.6 is 0 Å². The molecule has 5 nitrogen and oxygen atoms in total. The summed E-state index contributed by atoms with van der Waals surface area (Å²) in [6.07, 6.45) is 1.34. The van der Waals surface area contributed by atoms with E-state index in [-0.39, 0.29) is 5.76 Å². The fourth-order valence-corrected chi connectivity index (χ4v) is 1.67. The van der Waals surface area contributed by atoms with E-state index in [1.807, 2.05) is 0 Å². The lowest BCUT2D eigenvalue weighted by Gasteiger charge is -2.29. The number of carbonyl (C=O) groups is 2. The number of carboxylic acids is 1. The molecule has 0 aliphatic rings. The first-order valence-corrected chi connectivity index (χ1v) is 5.67. The van der Waals surface area contributed by atoms with Gasteiger partial charge >= 0.3 is 0 Å². The molecule has 1 N–H and O–H groups in total. The van der Waals surface area contributed by atoms with Gasteiger partial charge < -0.3 is 19.6 Å². The Kier molecular flexibility index (Phi) is 3.37. The molecule has 0 saturated carbocycles. The van der Waals surface area contributed by atoms with Crippen LogP contribution in [0.2, 0.25) is 0 Å². The first-order chi connectivity index (χ1) is 9.04. The summed E-state index contributed by atoms with van der Waals surface area (Å²) in [6.45, 7) is 1.32. The van der Waals surface area contributed by atoms with Gasteiger partial charge in [0.2, 0.25) is 0 Å². The number of benzene rings is 1. The smallest absolute Gasteiger partial charge is 0.252 e. The van der Waals surface area contributed by atoms with E-state index >= 15 is 0 Å². The highest BCUT2D eigenvalue weighted by Gasteiger charge is 2.33. The molecule has 1 unspecified atom stereocenters. The van der Waals surface area contributed by atoms with Gasteiger partial charge in [-0.05, 0) is 31.2 Å². The van der Waals surface area contributed by atoms with E-state index in [9.17, 15) is 14.7 Å². The Morgan fingerprint density at radius 3 is 2.37 bits per heavy atom. The molecule has 2 aromatic rings. The fraction of sp³-hybridized carbons (Fsp3) is 0.143. The number of carbonyl (C=O) groups excluding carboxylic acids is 2. The molecule has 0 saturated heterocycles. The van der Waals surface area contributed by atoms with E-state index in [0.717, 1.165) is 0 Å². The Bertz CT molecular complexity index is 577. The summed E-state index contributed by atoms with van der Waals surface area (Å²) in [4.78, 5) is 23.3. The Labute approximate surface area is 109 Å². The highest BCUT2D eigenvalue weighted by atomic mass is 16.4. The van der Waals surface area contributed by atoms with Crippen molar-refractivity contribution in [2.24, 2.45) is 0 Å². The van der Waals surface area contributed by atoms with Crippen LogP contribution in [0.15, 0.2) is 53.1 Å². The molecule has 0 bridgehead atoms. The zero-order valence-corrected chi connectivity index (χ0v) is 10.3. The number of hydrogen-bond acceptors (Lipinski definition) is 4. The number of amides is 1. The molecule has 19 heavy (non-hydrogen) atoms. The topological polar surface area (TPSA) is 82.4 Å². The number of rotatable bonds is 4. The highest BCUT2D eigenvalue weighted by Crippen LogP contribution is 2.21. The minimum atomic E-state index is -1.71. The van der Waals surface area contributed by atoms with Crippen molar-refractivity contribution in [1.82, 2.24) is 5.32 Å². The van der Waals surface area contributed by atoms with E-state index in [2.05, 4.69) is 5.32 Å². The van der Waals surface area contributed by atoms with Crippen molar-refractivity contribution in [2.75, 3.05) is 0 Å².